The largest absolute Gasteiger partial charge is 0.315 e. The molecule has 0 heterocycles. The van der Waals surface area contributed by atoms with Gasteiger partial charge >= 0.3 is 0 Å². The molecule has 0 amide bonds. The zero-order valence-corrected chi connectivity index (χ0v) is 10.1. The fourth-order valence-electron chi connectivity index (χ4n) is 1.26. The van der Waals surface area contributed by atoms with E-state index in [4.69, 9.17) is 0 Å². The van der Waals surface area contributed by atoms with Gasteiger partial charge in [0, 0.05) is 26.2 Å². The lowest BCUT2D eigenvalue weighted by Crippen LogP contribution is -2.34. The van der Waals surface area contributed by atoms with Gasteiger partial charge in [-0.1, -0.05) is 13.8 Å². The molecule has 3 heteroatoms. The van der Waals surface area contributed by atoms with E-state index in [0.717, 1.165) is 39.3 Å². The molecule has 2 N–H and O–H groups in total. The molecule has 0 spiro atoms. The Morgan fingerprint density at radius 1 is 0.786 bits per heavy atom. The summed E-state index contributed by atoms with van der Waals surface area (Å²) in [5.74, 6) is 0. The maximum Gasteiger partial charge on any atom is 0.0104 e. The monoisotopic (exact) mass is 201 g/mol. The number of likely N-dealkylation sites (N-methyl/N-ethyl adjacent to an activating group) is 1. The van der Waals surface area contributed by atoms with Crippen LogP contribution in [0.2, 0.25) is 0 Å². The van der Waals surface area contributed by atoms with Crippen LogP contribution in [-0.2, 0) is 0 Å². The SMILES string of the molecule is CCCNCCN(C)CCNCCC. The Labute approximate surface area is 89.2 Å². The lowest BCUT2D eigenvalue weighted by molar-refractivity contribution is 0.329. The van der Waals surface area contributed by atoms with Gasteiger partial charge in [-0.05, 0) is 33.0 Å². The van der Waals surface area contributed by atoms with Crippen molar-refractivity contribution < 1.29 is 0 Å². The molecule has 0 aromatic heterocycles. The van der Waals surface area contributed by atoms with E-state index in [1.54, 1.807) is 0 Å². The van der Waals surface area contributed by atoms with E-state index < -0.39 is 0 Å². The molecule has 0 aromatic rings. The number of nitrogens with one attached hydrogen (secondary N) is 2. The van der Waals surface area contributed by atoms with Crippen LogP contribution in [0.15, 0.2) is 0 Å². The van der Waals surface area contributed by atoms with Crippen molar-refractivity contribution >= 4 is 0 Å². The molecule has 0 unspecified atom stereocenters. The summed E-state index contributed by atoms with van der Waals surface area (Å²) >= 11 is 0. The van der Waals surface area contributed by atoms with E-state index in [1.165, 1.54) is 12.8 Å². The van der Waals surface area contributed by atoms with Crippen molar-refractivity contribution in [3.63, 3.8) is 0 Å². The average molecular weight is 201 g/mol. The number of hydrogen-bond acceptors (Lipinski definition) is 3. The molecule has 0 saturated carbocycles. The fraction of sp³-hybridized carbons (Fsp3) is 1.00. The predicted molar refractivity (Wildman–Crippen MR) is 63.8 cm³/mol. The third-order valence-corrected chi connectivity index (χ3v) is 2.19. The summed E-state index contributed by atoms with van der Waals surface area (Å²) in [5, 5.41) is 6.81. The van der Waals surface area contributed by atoms with Crippen LogP contribution in [0.4, 0.5) is 0 Å². The number of rotatable bonds is 10. The van der Waals surface area contributed by atoms with Crippen LogP contribution in [0, 0.1) is 0 Å². The maximum absolute atomic E-state index is 3.41. The Morgan fingerprint density at radius 2 is 1.21 bits per heavy atom. The van der Waals surface area contributed by atoms with Gasteiger partial charge in [0.05, 0.1) is 0 Å². The smallest absolute Gasteiger partial charge is 0.0104 e. The van der Waals surface area contributed by atoms with Gasteiger partial charge in [0.2, 0.25) is 0 Å². The van der Waals surface area contributed by atoms with Crippen molar-refractivity contribution in [1.29, 1.82) is 0 Å². The van der Waals surface area contributed by atoms with Gasteiger partial charge in [0.15, 0.2) is 0 Å². The van der Waals surface area contributed by atoms with Crippen LogP contribution in [-0.4, -0.2) is 51.2 Å². The van der Waals surface area contributed by atoms with Gasteiger partial charge in [-0.25, -0.2) is 0 Å². The summed E-state index contributed by atoms with van der Waals surface area (Å²) < 4.78 is 0. The normalized spacial score (nSPS) is 11.1. The molecule has 0 bridgehead atoms. The summed E-state index contributed by atoms with van der Waals surface area (Å²) in [6.45, 7) is 11.2. The number of hydrogen-bond donors (Lipinski definition) is 2. The topological polar surface area (TPSA) is 27.3 Å². The first-order valence-corrected chi connectivity index (χ1v) is 5.91. The first-order chi connectivity index (χ1) is 6.81. The highest BCUT2D eigenvalue weighted by Gasteiger charge is 1.96. The molecule has 0 aromatic carbocycles. The van der Waals surface area contributed by atoms with Crippen molar-refractivity contribution in [3.8, 4) is 0 Å². The van der Waals surface area contributed by atoms with E-state index in [0.29, 0.717) is 0 Å². The van der Waals surface area contributed by atoms with Gasteiger partial charge in [0.25, 0.3) is 0 Å². The first kappa shape index (κ1) is 13.9. The molecule has 0 saturated heterocycles. The van der Waals surface area contributed by atoms with Crippen molar-refractivity contribution in [2.45, 2.75) is 26.7 Å². The van der Waals surface area contributed by atoms with E-state index in [9.17, 15) is 0 Å². The third-order valence-electron chi connectivity index (χ3n) is 2.19. The molecule has 0 atom stereocenters. The first-order valence-electron chi connectivity index (χ1n) is 5.91. The zero-order valence-electron chi connectivity index (χ0n) is 10.1. The summed E-state index contributed by atoms with van der Waals surface area (Å²) in [6.07, 6.45) is 2.45. The van der Waals surface area contributed by atoms with Crippen molar-refractivity contribution in [2.24, 2.45) is 0 Å². The Kier molecular flexibility index (Phi) is 10.9. The fourth-order valence-corrected chi connectivity index (χ4v) is 1.26. The summed E-state index contributed by atoms with van der Waals surface area (Å²) in [7, 11) is 2.18. The summed E-state index contributed by atoms with van der Waals surface area (Å²) in [5.41, 5.74) is 0. The molecule has 0 radical (unpaired) electrons. The van der Waals surface area contributed by atoms with Crippen molar-refractivity contribution in [1.82, 2.24) is 15.5 Å². The molecule has 0 aliphatic rings. The van der Waals surface area contributed by atoms with Crippen LogP contribution < -0.4 is 10.6 Å². The molecular weight excluding hydrogens is 174 g/mol. The van der Waals surface area contributed by atoms with Gasteiger partial charge in [0.1, 0.15) is 0 Å². The second-order valence-corrected chi connectivity index (χ2v) is 3.80. The Hall–Kier alpha value is -0.120. The molecule has 86 valence electrons. The van der Waals surface area contributed by atoms with Crippen LogP contribution in [0.1, 0.15) is 26.7 Å². The number of nitrogens with zero attached hydrogens (tertiary/aromatic N) is 1. The highest BCUT2D eigenvalue weighted by Crippen LogP contribution is 1.80. The Morgan fingerprint density at radius 3 is 1.57 bits per heavy atom. The molecule has 0 aliphatic carbocycles. The lowest BCUT2D eigenvalue weighted by atomic mass is 10.4. The van der Waals surface area contributed by atoms with E-state index in [-0.39, 0.29) is 0 Å². The highest BCUT2D eigenvalue weighted by atomic mass is 15.1. The van der Waals surface area contributed by atoms with Crippen LogP contribution in [0.3, 0.4) is 0 Å². The minimum absolute atomic E-state index is 1.11. The second kappa shape index (κ2) is 11.0. The van der Waals surface area contributed by atoms with Gasteiger partial charge in [-0.3, -0.25) is 0 Å². The molecular formula is C11H27N3. The molecule has 14 heavy (non-hydrogen) atoms. The highest BCUT2D eigenvalue weighted by molar-refractivity contribution is 4.56. The molecule has 0 fully saturated rings. The van der Waals surface area contributed by atoms with E-state index >= 15 is 0 Å². The summed E-state index contributed by atoms with van der Waals surface area (Å²) in [6, 6.07) is 0. The second-order valence-electron chi connectivity index (χ2n) is 3.80. The summed E-state index contributed by atoms with van der Waals surface area (Å²) in [4.78, 5) is 2.37. The molecule has 0 rings (SSSR count). The standard InChI is InChI=1S/C11H27N3/c1-4-6-12-8-10-14(3)11-9-13-7-5-2/h12-13H,4-11H2,1-3H3. The lowest BCUT2D eigenvalue weighted by Gasteiger charge is -2.16. The van der Waals surface area contributed by atoms with Gasteiger partial charge < -0.3 is 15.5 Å². The van der Waals surface area contributed by atoms with Crippen molar-refractivity contribution in [2.75, 3.05) is 46.3 Å². The maximum atomic E-state index is 3.41. The Bertz CT molecular complexity index is 94.7. The quantitative estimate of drug-likeness (QED) is 0.515. The molecule has 3 nitrogen and oxygen atoms in total. The minimum atomic E-state index is 1.11. The predicted octanol–water partition coefficient (Wildman–Crippen LogP) is 0.917. The Balaban J connectivity index is 3.07. The van der Waals surface area contributed by atoms with Crippen LogP contribution in [0.25, 0.3) is 0 Å². The van der Waals surface area contributed by atoms with E-state index in [2.05, 4.69) is 36.4 Å². The van der Waals surface area contributed by atoms with Gasteiger partial charge in [-0.15, -0.1) is 0 Å². The van der Waals surface area contributed by atoms with Crippen molar-refractivity contribution in [3.05, 3.63) is 0 Å². The zero-order chi connectivity index (χ0) is 10.6. The third kappa shape index (κ3) is 9.96. The average Bonchev–Trinajstić information content (AvgIpc) is 2.19. The minimum Gasteiger partial charge on any atom is -0.315 e. The molecule has 0 aliphatic heterocycles. The van der Waals surface area contributed by atoms with Crippen LogP contribution in [0.5, 0.6) is 0 Å². The van der Waals surface area contributed by atoms with Gasteiger partial charge in [-0.2, -0.15) is 0 Å². The van der Waals surface area contributed by atoms with Crippen LogP contribution >= 0.6 is 0 Å². The van der Waals surface area contributed by atoms with E-state index in [1.807, 2.05) is 0 Å².